The number of hydrogen-bond acceptors (Lipinski definition) is 4. The van der Waals surface area contributed by atoms with Crippen molar-refractivity contribution in [1.29, 1.82) is 0 Å². The van der Waals surface area contributed by atoms with Crippen molar-refractivity contribution in [2.24, 2.45) is 0 Å². The summed E-state index contributed by atoms with van der Waals surface area (Å²) in [6, 6.07) is 8.21. The topological polar surface area (TPSA) is 54.0 Å². The first-order chi connectivity index (χ1) is 11.7. The van der Waals surface area contributed by atoms with Gasteiger partial charge in [0.2, 0.25) is 0 Å². The second kappa shape index (κ2) is 9.49. The number of methoxy groups -OCH3 is 1. The van der Waals surface area contributed by atoms with Crippen LogP contribution >= 0.6 is 0 Å². The highest BCUT2D eigenvalue weighted by atomic mass is 16.5. The van der Waals surface area contributed by atoms with Crippen LogP contribution in [-0.4, -0.2) is 68.9 Å². The smallest absolute Gasteiger partial charge is 0.317 e. The Kier molecular flexibility index (Phi) is 7.34. The van der Waals surface area contributed by atoms with E-state index in [1.54, 1.807) is 12.0 Å². The minimum absolute atomic E-state index is 0.00762. The maximum atomic E-state index is 12.3. The summed E-state index contributed by atoms with van der Waals surface area (Å²) in [6.45, 7) is 9.21. The highest BCUT2D eigenvalue weighted by molar-refractivity contribution is 5.74. The molecule has 24 heavy (non-hydrogen) atoms. The lowest BCUT2D eigenvalue weighted by atomic mass is 10.0. The molecule has 0 aromatic heterocycles. The molecule has 1 fully saturated rings. The highest BCUT2D eigenvalue weighted by Crippen LogP contribution is 2.23. The number of amides is 2. The quantitative estimate of drug-likeness (QED) is 0.829. The maximum Gasteiger partial charge on any atom is 0.317 e. The molecule has 1 heterocycles. The van der Waals surface area contributed by atoms with Crippen molar-refractivity contribution in [3.05, 3.63) is 29.8 Å². The molecule has 1 aliphatic heterocycles. The van der Waals surface area contributed by atoms with Gasteiger partial charge < -0.3 is 19.7 Å². The molecular formula is C18H29N3O3. The zero-order valence-electron chi connectivity index (χ0n) is 15.0. The van der Waals surface area contributed by atoms with Crippen LogP contribution in [0.4, 0.5) is 4.79 Å². The summed E-state index contributed by atoms with van der Waals surface area (Å²) in [5, 5.41) is 3.08. The minimum atomic E-state index is -0.00762. The molecule has 0 aliphatic carbocycles. The van der Waals surface area contributed by atoms with E-state index in [0.717, 1.165) is 32.1 Å². The molecule has 6 nitrogen and oxygen atoms in total. The van der Waals surface area contributed by atoms with Crippen LogP contribution in [0.5, 0.6) is 5.75 Å². The van der Waals surface area contributed by atoms with Gasteiger partial charge in [-0.15, -0.1) is 0 Å². The van der Waals surface area contributed by atoms with Crippen LogP contribution < -0.4 is 10.1 Å². The van der Waals surface area contributed by atoms with Crippen LogP contribution in [0.15, 0.2) is 24.3 Å². The summed E-state index contributed by atoms with van der Waals surface area (Å²) >= 11 is 0. The summed E-state index contributed by atoms with van der Waals surface area (Å²) < 4.78 is 10.7. The zero-order chi connectivity index (χ0) is 17.4. The number of urea groups is 1. The first-order valence-electron chi connectivity index (χ1n) is 8.68. The van der Waals surface area contributed by atoms with E-state index in [1.165, 1.54) is 5.56 Å². The Labute approximate surface area is 144 Å². The van der Waals surface area contributed by atoms with Gasteiger partial charge in [-0.25, -0.2) is 4.79 Å². The Bertz CT molecular complexity index is 497. The molecule has 2 rings (SSSR count). The summed E-state index contributed by atoms with van der Waals surface area (Å²) in [5.74, 6) is 0.839. The Balaban J connectivity index is 2.08. The number of nitrogens with one attached hydrogen (secondary N) is 1. The molecule has 1 unspecified atom stereocenters. The predicted octanol–water partition coefficient (Wildman–Crippen LogP) is 2.12. The monoisotopic (exact) mass is 335 g/mol. The summed E-state index contributed by atoms with van der Waals surface area (Å²) in [6.07, 6.45) is 0. The summed E-state index contributed by atoms with van der Waals surface area (Å²) in [5.41, 5.74) is 1.18. The van der Waals surface area contributed by atoms with Crippen LogP contribution in [0.25, 0.3) is 0 Å². The first kappa shape index (κ1) is 18.5. The lowest BCUT2D eigenvalue weighted by molar-refractivity contribution is 0.0165. The van der Waals surface area contributed by atoms with Gasteiger partial charge in [-0.05, 0) is 31.5 Å². The normalized spacial score (nSPS) is 16.5. The van der Waals surface area contributed by atoms with Gasteiger partial charge in [0.25, 0.3) is 0 Å². The third-order valence-electron chi connectivity index (χ3n) is 4.48. The molecule has 6 heteroatoms. The van der Waals surface area contributed by atoms with E-state index in [0.29, 0.717) is 19.6 Å². The minimum Gasteiger partial charge on any atom is -0.497 e. The van der Waals surface area contributed by atoms with E-state index in [9.17, 15) is 4.79 Å². The van der Waals surface area contributed by atoms with Crippen molar-refractivity contribution in [3.8, 4) is 5.75 Å². The molecule has 1 aromatic rings. The van der Waals surface area contributed by atoms with Crippen LogP contribution in [0.2, 0.25) is 0 Å². The molecule has 2 amide bonds. The lowest BCUT2D eigenvalue weighted by Gasteiger charge is -2.35. The first-order valence-corrected chi connectivity index (χ1v) is 8.68. The number of hydrogen-bond donors (Lipinski definition) is 1. The number of rotatable bonds is 7. The van der Waals surface area contributed by atoms with Crippen molar-refractivity contribution in [1.82, 2.24) is 15.1 Å². The predicted molar refractivity (Wildman–Crippen MR) is 94.4 cm³/mol. The van der Waals surface area contributed by atoms with Crippen LogP contribution in [-0.2, 0) is 4.74 Å². The number of carbonyl (C=O) groups is 1. The molecule has 1 aliphatic rings. The van der Waals surface area contributed by atoms with Gasteiger partial charge in [-0.2, -0.15) is 0 Å². The van der Waals surface area contributed by atoms with Gasteiger partial charge in [0.05, 0.1) is 26.4 Å². The molecule has 1 atom stereocenters. The Morgan fingerprint density at radius 1 is 1.25 bits per heavy atom. The van der Waals surface area contributed by atoms with Crippen LogP contribution in [0.1, 0.15) is 25.5 Å². The van der Waals surface area contributed by atoms with E-state index in [2.05, 4.69) is 22.3 Å². The van der Waals surface area contributed by atoms with Gasteiger partial charge in [-0.1, -0.05) is 12.1 Å². The molecule has 0 radical (unpaired) electrons. The van der Waals surface area contributed by atoms with Crippen LogP contribution in [0.3, 0.4) is 0 Å². The number of carbonyl (C=O) groups excluding carboxylic acids is 1. The van der Waals surface area contributed by atoms with Gasteiger partial charge in [0.1, 0.15) is 5.75 Å². The van der Waals surface area contributed by atoms with Crippen LogP contribution in [0, 0.1) is 0 Å². The molecule has 1 N–H and O–H groups in total. The Hall–Kier alpha value is -1.79. The lowest BCUT2D eigenvalue weighted by Crippen LogP contribution is -2.46. The average molecular weight is 335 g/mol. The second-order valence-corrected chi connectivity index (χ2v) is 5.80. The fraction of sp³-hybridized carbons (Fsp3) is 0.611. The van der Waals surface area contributed by atoms with Gasteiger partial charge in [-0.3, -0.25) is 4.90 Å². The fourth-order valence-electron chi connectivity index (χ4n) is 2.98. The van der Waals surface area contributed by atoms with Crippen molar-refractivity contribution < 1.29 is 14.3 Å². The number of benzene rings is 1. The molecule has 0 saturated carbocycles. The van der Waals surface area contributed by atoms with Gasteiger partial charge in [0, 0.05) is 32.7 Å². The Morgan fingerprint density at radius 2 is 1.88 bits per heavy atom. The number of ether oxygens (including phenoxy) is 2. The fourth-order valence-corrected chi connectivity index (χ4v) is 2.98. The zero-order valence-corrected chi connectivity index (χ0v) is 15.0. The number of morpholine rings is 1. The molecule has 0 bridgehead atoms. The van der Waals surface area contributed by atoms with Crippen molar-refractivity contribution >= 4 is 6.03 Å². The van der Waals surface area contributed by atoms with Crippen molar-refractivity contribution in [3.63, 3.8) is 0 Å². The van der Waals surface area contributed by atoms with Crippen molar-refractivity contribution in [2.75, 3.05) is 53.0 Å². The Morgan fingerprint density at radius 3 is 2.42 bits per heavy atom. The molecular weight excluding hydrogens is 306 g/mol. The SMILES string of the molecule is CCN(CC)C(=O)NCC(c1ccc(OC)cc1)N1CCOCC1. The summed E-state index contributed by atoms with van der Waals surface area (Å²) in [4.78, 5) is 16.4. The van der Waals surface area contributed by atoms with E-state index in [1.807, 2.05) is 26.0 Å². The largest absolute Gasteiger partial charge is 0.497 e. The number of nitrogens with zero attached hydrogens (tertiary/aromatic N) is 2. The average Bonchev–Trinajstić information content (AvgIpc) is 2.64. The summed E-state index contributed by atoms with van der Waals surface area (Å²) in [7, 11) is 1.67. The van der Waals surface area contributed by atoms with Gasteiger partial charge in [0.15, 0.2) is 0 Å². The van der Waals surface area contributed by atoms with Crippen molar-refractivity contribution in [2.45, 2.75) is 19.9 Å². The standard InChI is InChI=1S/C18H29N3O3/c1-4-20(5-2)18(22)19-14-17(21-10-12-24-13-11-21)15-6-8-16(23-3)9-7-15/h6-9,17H,4-5,10-14H2,1-3H3,(H,19,22). The van der Waals surface area contributed by atoms with E-state index < -0.39 is 0 Å². The molecule has 0 spiro atoms. The second-order valence-electron chi connectivity index (χ2n) is 5.80. The van der Waals surface area contributed by atoms with E-state index >= 15 is 0 Å². The van der Waals surface area contributed by atoms with E-state index in [4.69, 9.17) is 9.47 Å². The highest BCUT2D eigenvalue weighted by Gasteiger charge is 2.23. The third kappa shape index (κ3) is 4.85. The molecule has 1 aromatic carbocycles. The van der Waals surface area contributed by atoms with E-state index in [-0.39, 0.29) is 12.1 Å². The molecule has 1 saturated heterocycles. The maximum absolute atomic E-state index is 12.3. The van der Waals surface area contributed by atoms with Gasteiger partial charge >= 0.3 is 6.03 Å². The molecule has 134 valence electrons. The third-order valence-corrected chi connectivity index (χ3v) is 4.48.